The van der Waals surface area contributed by atoms with Gasteiger partial charge in [0.1, 0.15) is 5.82 Å². The minimum Gasteiger partial charge on any atom is -0.378 e. The number of hydrogen-bond acceptors (Lipinski definition) is 1. The third kappa shape index (κ3) is 3.15. The maximum Gasteiger partial charge on any atom is 0.141 e. The Labute approximate surface area is 116 Å². The van der Waals surface area contributed by atoms with Crippen LogP contribution in [-0.4, -0.2) is 0 Å². The fourth-order valence-corrected chi connectivity index (χ4v) is 2.07. The smallest absolute Gasteiger partial charge is 0.141 e. The van der Waals surface area contributed by atoms with Crippen molar-refractivity contribution in [2.24, 2.45) is 0 Å². The van der Waals surface area contributed by atoms with Crippen LogP contribution in [0.4, 0.5) is 10.1 Å². The molecular weight excluding hydrogens is 272 g/mol. The van der Waals surface area contributed by atoms with Gasteiger partial charge in [0.25, 0.3) is 0 Å². The predicted octanol–water partition coefficient (Wildman–Crippen LogP) is 5.31. The van der Waals surface area contributed by atoms with Crippen LogP contribution in [0, 0.1) is 5.82 Å². The van der Waals surface area contributed by atoms with E-state index in [1.807, 2.05) is 31.2 Å². The number of halogens is 3. The standard InChI is InChI=1S/C14H12Cl2FN/c1-9(10-3-2-4-11(15)7-10)18-12-5-6-14(17)13(16)8-12/h2-9,18H,1H3. The largest absolute Gasteiger partial charge is 0.378 e. The molecular formula is C14H12Cl2FN. The van der Waals surface area contributed by atoms with Crippen LogP contribution >= 0.6 is 23.2 Å². The lowest BCUT2D eigenvalue weighted by Gasteiger charge is -2.16. The first-order valence-electron chi connectivity index (χ1n) is 5.53. The van der Waals surface area contributed by atoms with Gasteiger partial charge >= 0.3 is 0 Å². The van der Waals surface area contributed by atoms with Crippen LogP contribution in [0.3, 0.4) is 0 Å². The topological polar surface area (TPSA) is 12.0 Å². The van der Waals surface area contributed by atoms with E-state index in [0.717, 1.165) is 11.3 Å². The van der Waals surface area contributed by atoms with E-state index < -0.39 is 5.82 Å². The molecule has 0 amide bonds. The summed E-state index contributed by atoms with van der Waals surface area (Å²) in [6.45, 7) is 2.00. The Morgan fingerprint density at radius 2 is 1.89 bits per heavy atom. The molecule has 1 nitrogen and oxygen atoms in total. The number of rotatable bonds is 3. The number of nitrogens with one attached hydrogen (secondary N) is 1. The fraction of sp³-hybridized carbons (Fsp3) is 0.143. The average Bonchev–Trinajstić information content (AvgIpc) is 2.34. The van der Waals surface area contributed by atoms with Crippen molar-refractivity contribution in [3.8, 4) is 0 Å². The van der Waals surface area contributed by atoms with E-state index in [-0.39, 0.29) is 11.1 Å². The lowest BCUT2D eigenvalue weighted by molar-refractivity contribution is 0.628. The highest BCUT2D eigenvalue weighted by Crippen LogP contribution is 2.24. The molecule has 2 aromatic rings. The van der Waals surface area contributed by atoms with Crippen molar-refractivity contribution in [1.82, 2.24) is 0 Å². The zero-order chi connectivity index (χ0) is 13.1. The summed E-state index contributed by atoms with van der Waals surface area (Å²) in [4.78, 5) is 0. The summed E-state index contributed by atoms with van der Waals surface area (Å²) < 4.78 is 13.0. The lowest BCUT2D eigenvalue weighted by Crippen LogP contribution is -2.06. The van der Waals surface area contributed by atoms with Crippen molar-refractivity contribution in [2.45, 2.75) is 13.0 Å². The fourth-order valence-electron chi connectivity index (χ4n) is 1.70. The summed E-state index contributed by atoms with van der Waals surface area (Å²) in [6, 6.07) is 12.2. The Morgan fingerprint density at radius 3 is 2.56 bits per heavy atom. The van der Waals surface area contributed by atoms with Crippen molar-refractivity contribution in [3.05, 3.63) is 63.9 Å². The highest BCUT2D eigenvalue weighted by Gasteiger charge is 2.07. The van der Waals surface area contributed by atoms with Gasteiger partial charge < -0.3 is 5.32 Å². The molecule has 0 bridgehead atoms. The molecule has 0 aliphatic heterocycles. The molecule has 0 heterocycles. The summed E-state index contributed by atoms with van der Waals surface area (Å²) in [5, 5.41) is 4.05. The van der Waals surface area contributed by atoms with Crippen LogP contribution in [0.1, 0.15) is 18.5 Å². The summed E-state index contributed by atoms with van der Waals surface area (Å²) >= 11 is 11.7. The minimum atomic E-state index is -0.419. The van der Waals surface area contributed by atoms with Crippen molar-refractivity contribution in [3.63, 3.8) is 0 Å². The van der Waals surface area contributed by atoms with Crippen LogP contribution in [0.15, 0.2) is 42.5 Å². The van der Waals surface area contributed by atoms with Gasteiger partial charge in [-0.3, -0.25) is 0 Å². The summed E-state index contributed by atoms with van der Waals surface area (Å²) in [5.74, 6) is -0.419. The van der Waals surface area contributed by atoms with E-state index in [0.29, 0.717) is 5.02 Å². The van der Waals surface area contributed by atoms with Crippen molar-refractivity contribution >= 4 is 28.9 Å². The zero-order valence-corrected chi connectivity index (χ0v) is 11.3. The molecule has 1 N–H and O–H groups in total. The number of hydrogen-bond donors (Lipinski definition) is 1. The van der Waals surface area contributed by atoms with Crippen LogP contribution in [-0.2, 0) is 0 Å². The van der Waals surface area contributed by atoms with Crippen molar-refractivity contribution < 1.29 is 4.39 Å². The summed E-state index contributed by atoms with van der Waals surface area (Å²) in [5.41, 5.74) is 1.83. The Kier molecular flexibility index (Phi) is 4.10. The third-order valence-electron chi connectivity index (χ3n) is 2.65. The molecule has 18 heavy (non-hydrogen) atoms. The Bertz CT molecular complexity index is 557. The minimum absolute atomic E-state index is 0.0604. The Morgan fingerprint density at radius 1 is 1.11 bits per heavy atom. The zero-order valence-electron chi connectivity index (χ0n) is 9.75. The van der Waals surface area contributed by atoms with Crippen LogP contribution in [0.5, 0.6) is 0 Å². The Hall–Kier alpha value is -1.25. The molecule has 0 aliphatic carbocycles. The molecule has 1 unspecified atom stereocenters. The lowest BCUT2D eigenvalue weighted by atomic mass is 10.1. The first-order valence-corrected chi connectivity index (χ1v) is 6.29. The third-order valence-corrected chi connectivity index (χ3v) is 3.18. The van der Waals surface area contributed by atoms with E-state index >= 15 is 0 Å². The van der Waals surface area contributed by atoms with Crippen LogP contribution in [0.25, 0.3) is 0 Å². The van der Waals surface area contributed by atoms with E-state index in [2.05, 4.69) is 5.32 Å². The number of anilines is 1. The summed E-state index contributed by atoms with van der Waals surface area (Å²) in [6.07, 6.45) is 0. The quantitative estimate of drug-likeness (QED) is 0.805. The molecule has 0 spiro atoms. The normalized spacial score (nSPS) is 12.2. The molecule has 94 valence electrons. The van der Waals surface area contributed by atoms with Gasteiger partial charge in [0, 0.05) is 16.8 Å². The first kappa shape index (κ1) is 13.2. The predicted molar refractivity (Wildman–Crippen MR) is 74.9 cm³/mol. The SMILES string of the molecule is CC(Nc1ccc(F)c(Cl)c1)c1cccc(Cl)c1. The monoisotopic (exact) mass is 283 g/mol. The van der Waals surface area contributed by atoms with Gasteiger partial charge in [-0.25, -0.2) is 4.39 Å². The second-order valence-corrected chi connectivity index (χ2v) is 4.89. The molecule has 0 aromatic heterocycles. The Balaban J connectivity index is 2.16. The van der Waals surface area contributed by atoms with Crippen molar-refractivity contribution in [2.75, 3.05) is 5.32 Å². The molecule has 0 saturated heterocycles. The van der Waals surface area contributed by atoms with Crippen LogP contribution < -0.4 is 5.32 Å². The maximum absolute atomic E-state index is 13.0. The van der Waals surface area contributed by atoms with Gasteiger partial charge in [0.05, 0.1) is 5.02 Å². The maximum atomic E-state index is 13.0. The molecule has 2 rings (SSSR count). The molecule has 2 aromatic carbocycles. The molecule has 0 radical (unpaired) electrons. The second-order valence-electron chi connectivity index (χ2n) is 4.05. The highest BCUT2D eigenvalue weighted by atomic mass is 35.5. The van der Waals surface area contributed by atoms with Gasteiger partial charge in [0.2, 0.25) is 0 Å². The number of benzene rings is 2. The highest BCUT2D eigenvalue weighted by molar-refractivity contribution is 6.31. The molecule has 0 saturated carbocycles. The van der Waals surface area contributed by atoms with Gasteiger partial charge in [-0.05, 0) is 42.8 Å². The molecule has 4 heteroatoms. The van der Waals surface area contributed by atoms with Gasteiger partial charge in [-0.15, -0.1) is 0 Å². The molecule has 0 aliphatic rings. The molecule has 1 atom stereocenters. The van der Waals surface area contributed by atoms with E-state index in [4.69, 9.17) is 23.2 Å². The van der Waals surface area contributed by atoms with Gasteiger partial charge in [-0.1, -0.05) is 35.3 Å². The molecule has 0 fully saturated rings. The van der Waals surface area contributed by atoms with Crippen LogP contribution in [0.2, 0.25) is 10.0 Å². The average molecular weight is 284 g/mol. The summed E-state index contributed by atoms with van der Waals surface area (Å²) in [7, 11) is 0. The second kappa shape index (κ2) is 5.59. The van der Waals surface area contributed by atoms with Gasteiger partial charge in [-0.2, -0.15) is 0 Å². The van der Waals surface area contributed by atoms with Crippen molar-refractivity contribution in [1.29, 1.82) is 0 Å². The van der Waals surface area contributed by atoms with E-state index in [1.54, 1.807) is 12.1 Å². The van der Waals surface area contributed by atoms with E-state index in [9.17, 15) is 4.39 Å². The van der Waals surface area contributed by atoms with Gasteiger partial charge in [0.15, 0.2) is 0 Å². The van der Waals surface area contributed by atoms with E-state index in [1.165, 1.54) is 6.07 Å². The first-order chi connectivity index (χ1) is 8.56.